The third kappa shape index (κ3) is 4.17. The summed E-state index contributed by atoms with van der Waals surface area (Å²) >= 11 is 1.31. The van der Waals surface area contributed by atoms with Crippen LogP contribution in [0, 0.1) is 25.2 Å². The van der Waals surface area contributed by atoms with Gasteiger partial charge in [-0.15, -0.1) is 0 Å². The summed E-state index contributed by atoms with van der Waals surface area (Å²) in [4.78, 5) is 20.3. The summed E-state index contributed by atoms with van der Waals surface area (Å²) in [6.07, 6.45) is 2.75. The highest BCUT2D eigenvalue weighted by Crippen LogP contribution is 2.27. The van der Waals surface area contributed by atoms with Gasteiger partial charge in [0.05, 0.1) is 16.8 Å². The largest absolute Gasteiger partial charge is 0.361 e. The third-order valence-corrected chi connectivity index (χ3v) is 6.06. The Labute approximate surface area is 179 Å². The molecule has 4 rings (SSSR count). The zero-order valence-electron chi connectivity index (χ0n) is 17.0. The van der Waals surface area contributed by atoms with E-state index in [9.17, 15) is 10.1 Å². The molecule has 0 bridgehead atoms. The Morgan fingerprint density at radius 2 is 2.07 bits per heavy atom. The van der Waals surface area contributed by atoms with Crippen LogP contribution in [0.2, 0.25) is 0 Å². The van der Waals surface area contributed by atoms with Crippen LogP contribution >= 0.6 is 11.8 Å². The van der Waals surface area contributed by atoms with Crippen LogP contribution in [0.25, 0.3) is 21.8 Å². The molecule has 2 aromatic carbocycles. The van der Waals surface area contributed by atoms with E-state index in [1.54, 1.807) is 0 Å². The molecule has 0 radical (unpaired) electrons. The number of nitrogens with zero attached hydrogens (tertiary/aromatic N) is 2. The molecule has 0 aliphatic heterocycles. The first kappa shape index (κ1) is 20.0. The molecule has 0 aliphatic rings. The first-order valence-electron chi connectivity index (χ1n) is 9.82. The molecule has 0 fully saturated rings. The summed E-state index contributed by atoms with van der Waals surface area (Å²) in [5.74, 6) is 0.165. The molecule has 1 amide bonds. The van der Waals surface area contributed by atoms with Gasteiger partial charge in [-0.25, -0.2) is 4.98 Å². The Balaban J connectivity index is 1.38. The molecule has 0 spiro atoms. The number of hydrogen-bond donors (Lipinski definition) is 2. The highest BCUT2D eigenvalue weighted by atomic mass is 32.2. The molecule has 5 nitrogen and oxygen atoms in total. The van der Waals surface area contributed by atoms with E-state index in [1.807, 2.05) is 50.4 Å². The number of aryl methyl sites for hydroxylation is 2. The number of benzene rings is 2. The predicted molar refractivity (Wildman–Crippen MR) is 122 cm³/mol. The zero-order valence-corrected chi connectivity index (χ0v) is 17.8. The molecule has 0 saturated heterocycles. The van der Waals surface area contributed by atoms with Gasteiger partial charge in [0.2, 0.25) is 5.91 Å². The van der Waals surface area contributed by atoms with Gasteiger partial charge in [-0.05, 0) is 49.6 Å². The molecule has 2 heterocycles. The summed E-state index contributed by atoms with van der Waals surface area (Å²) in [5, 5.41) is 15.2. The predicted octanol–water partition coefficient (Wildman–Crippen LogP) is 4.66. The maximum atomic E-state index is 12.3. The topological polar surface area (TPSA) is 81.6 Å². The van der Waals surface area contributed by atoms with E-state index < -0.39 is 0 Å². The molecule has 0 atom stereocenters. The number of aromatic amines is 1. The molecule has 30 heavy (non-hydrogen) atoms. The van der Waals surface area contributed by atoms with Crippen LogP contribution in [0.4, 0.5) is 0 Å². The smallest absolute Gasteiger partial charge is 0.230 e. The summed E-state index contributed by atoms with van der Waals surface area (Å²) < 4.78 is 0. The number of nitrogens with one attached hydrogen (secondary N) is 2. The quantitative estimate of drug-likeness (QED) is 0.450. The van der Waals surface area contributed by atoms with E-state index in [0.717, 1.165) is 34.0 Å². The van der Waals surface area contributed by atoms with E-state index in [1.165, 1.54) is 22.7 Å². The van der Waals surface area contributed by atoms with Gasteiger partial charge in [0.25, 0.3) is 0 Å². The first-order valence-corrected chi connectivity index (χ1v) is 10.8. The minimum absolute atomic E-state index is 0.0637. The molecule has 4 aromatic rings. The SMILES string of the molecule is Cc1cc(C)c2nc(SCC(=O)NCCc3c[nH]c4ccccc34)c(C#N)cc2c1. The molecule has 2 aromatic heterocycles. The van der Waals surface area contributed by atoms with Crippen molar-refractivity contribution in [1.82, 2.24) is 15.3 Å². The van der Waals surface area contributed by atoms with Crippen molar-refractivity contribution < 1.29 is 4.79 Å². The van der Waals surface area contributed by atoms with Crippen molar-refractivity contribution in [3.05, 3.63) is 70.9 Å². The molecule has 0 unspecified atom stereocenters. The highest BCUT2D eigenvalue weighted by Gasteiger charge is 2.12. The van der Waals surface area contributed by atoms with Crippen molar-refractivity contribution in [3.63, 3.8) is 0 Å². The second-order valence-corrected chi connectivity index (χ2v) is 8.32. The third-order valence-electron chi connectivity index (χ3n) is 5.07. The van der Waals surface area contributed by atoms with E-state index in [0.29, 0.717) is 17.1 Å². The van der Waals surface area contributed by atoms with Crippen LogP contribution in [0.3, 0.4) is 0 Å². The molecule has 6 heteroatoms. The van der Waals surface area contributed by atoms with Crippen molar-refractivity contribution in [2.75, 3.05) is 12.3 Å². The standard InChI is InChI=1S/C24H22N4OS/c1-15-9-16(2)23-18(10-15)11-19(12-25)24(28-23)30-14-22(29)26-8-7-17-13-27-21-6-4-3-5-20(17)21/h3-6,9-11,13,27H,7-8,14H2,1-2H3,(H,26,29). The van der Waals surface area contributed by atoms with Crippen molar-refractivity contribution in [2.24, 2.45) is 0 Å². The van der Waals surface area contributed by atoms with Crippen LogP contribution in [-0.2, 0) is 11.2 Å². The van der Waals surface area contributed by atoms with Gasteiger partial charge in [-0.2, -0.15) is 5.26 Å². The number of carbonyl (C=O) groups is 1. The fraction of sp³-hybridized carbons (Fsp3) is 0.208. The minimum atomic E-state index is -0.0637. The first-order chi connectivity index (χ1) is 14.5. The number of hydrogen-bond acceptors (Lipinski definition) is 4. The highest BCUT2D eigenvalue weighted by molar-refractivity contribution is 8.00. The lowest BCUT2D eigenvalue weighted by Gasteiger charge is -2.09. The van der Waals surface area contributed by atoms with E-state index in [-0.39, 0.29) is 11.7 Å². The van der Waals surface area contributed by atoms with Crippen molar-refractivity contribution in [3.8, 4) is 6.07 Å². The van der Waals surface area contributed by atoms with Crippen LogP contribution in [0.1, 0.15) is 22.3 Å². The van der Waals surface area contributed by atoms with Crippen molar-refractivity contribution in [2.45, 2.75) is 25.3 Å². The van der Waals surface area contributed by atoms with Crippen LogP contribution in [0.5, 0.6) is 0 Å². The summed E-state index contributed by atoms with van der Waals surface area (Å²) in [7, 11) is 0. The number of amides is 1. The van der Waals surface area contributed by atoms with Gasteiger partial charge in [0.15, 0.2) is 0 Å². The number of para-hydroxylation sites is 1. The number of carbonyl (C=O) groups excluding carboxylic acids is 1. The van der Waals surface area contributed by atoms with E-state index in [4.69, 9.17) is 0 Å². The van der Waals surface area contributed by atoms with Crippen LogP contribution in [-0.4, -0.2) is 28.2 Å². The Bertz CT molecular complexity index is 1290. The molecular weight excluding hydrogens is 392 g/mol. The Kier molecular flexibility index (Phi) is 5.73. The number of fused-ring (bicyclic) bond motifs is 2. The number of thioether (sulfide) groups is 1. The molecule has 150 valence electrons. The van der Waals surface area contributed by atoms with Crippen molar-refractivity contribution in [1.29, 1.82) is 5.26 Å². The maximum absolute atomic E-state index is 12.3. The number of nitriles is 1. The van der Waals surface area contributed by atoms with Gasteiger partial charge >= 0.3 is 0 Å². The minimum Gasteiger partial charge on any atom is -0.361 e. The monoisotopic (exact) mass is 414 g/mol. The van der Waals surface area contributed by atoms with Gasteiger partial charge < -0.3 is 10.3 Å². The van der Waals surface area contributed by atoms with Gasteiger partial charge in [-0.1, -0.05) is 41.6 Å². The molecule has 2 N–H and O–H groups in total. The number of aromatic nitrogens is 2. The summed E-state index contributed by atoms with van der Waals surface area (Å²) in [6.45, 7) is 4.61. The van der Waals surface area contributed by atoms with Gasteiger partial charge in [0, 0.05) is 29.0 Å². The average Bonchev–Trinajstić information content (AvgIpc) is 3.15. The van der Waals surface area contributed by atoms with Crippen LogP contribution in [0.15, 0.2) is 53.7 Å². The second kappa shape index (κ2) is 8.60. The lowest BCUT2D eigenvalue weighted by Crippen LogP contribution is -2.27. The number of rotatable bonds is 6. The molecule has 0 aliphatic carbocycles. The van der Waals surface area contributed by atoms with E-state index in [2.05, 4.69) is 33.5 Å². The maximum Gasteiger partial charge on any atom is 0.230 e. The second-order valence-electron chi connectivity index (χ2n) is 7.35. The fourth-order valence-corrected chi connectivity index (χ4v) is 4.47. The lowest BCUT2D eigenvalue weighted by atomic mass is 10.1. The fourth-order valence-electron chi connectivity index (χ4n) is 3.68. The Hall–Kier alpha value is -3.30. The Morgan fingerprint density at radius 1 is 1.23 bits per heavy atom. The molecular formula is C24H22N4OS. The average molecular weight is 415 g/mol. The van der Waals surface area contributed by atoms with Crippen LogP contribution < -0.4 is 5.32 Å². The molecule has 0 saturated carbocycles. The van der Waals surface area contributed by atoms with Crippen molar-refractivity contribution >= 4 is 39.5 Å². The summed E-state index contributed by atoms with van der Waals surface area (Å²) in [6, 6.07) is 16.3. The summed E-state index contributed by atoms with van der Waals surface area (Å²) in [5.41, 5.74) is 5.88. The van der Waals surface area contributed by atoms with E-state index >= 15 is 0 Å². The zero-order chi connectivity index (χ0) is 21.1. The Morgan fingerprint density at radius 3 is 2.90 bits per heavy atom. The van der Waals surface area contributed by atoms with Gasteiger partial charge in [0.1, 0.15) is 11.1 Å². The number of H-pyrrole nitrogens is 1. The normalized spacial score (nSPS) is 11.0. The van der Waals surface area contributed by atoms with Gasteiger partial charge in [-0.3, -0.25) is 4.79 Å². The lowest BCUT2D eigenvalue weighted by molar-refractivity contribution is -0.118. The number of pyridine rings is 1.